The minimum Gasteiger partial charge on any atom is -0.245 e. The van der Waals surface area contributed by atoms with Crippen LogP contribution in [0.5, 0.6) is 0 Å². The average Bonchev–Trinajstić information content (AvgIpc) is 3.55. The van der Waals surface area contributed by atoms with Gasteiger partial charge in [-0.1, -0.05) is 176 Å². The monoisotopic (exact) mass is 689 g/mol. The molecule has 0 aliphatic carbocycles. The fraction of sp³-hybridized carbons (Fsp3) is 0. The molecule has 0 spiro atoms. The number of pyridine rings is 2. The summed E-state index contributed by atoms with van der Waals surface area (Å²) >= 11 is 0. The van der Waals surface area contributed by atoms with Crippen molar-refractivity contribution in [3.63, 3.8) is 0 Å². The van der Waals surface area contributed by atoms with Crippen molar-refractivity contribution in [1.29, 1.82) is 0 Å². The molecule has 0 fully saturated rings. The molecule has 0 saturated heterocycles. The van der Waals surface area contributed by atoms with E-state index >= 15 is 0 Å². The Kier molecular flexibility index (Phi) is 7.21. The summed E-state index contributed by atoms with van der Waals surface area (Å²) in [5.74, 6) is 0. The molecule has 3 nitrogen and oxygen atoms in total. The summed E-state index contributed by atoms with van der Waals surface area (Å²) in [6.07, 6.45) is 0. The molecule has 7 aromatic carbocycles. The van der Waals surface area contributed by atoms with Crippen molar-refractivity contribution in [2.45, 2.75) is 0 Å². The molecule has 3 heterocycles. The van der Waals surface area contributed by atoms with Crippen molar-refractivity contribution in [1.82, 2.24) is 9.97 Å². The van der Waals surface area contributed by atoms with Gasteiger partial charge in [0, 0.05) is 16.3 Å². The predicted molar refractivity (Wildman–Crippen MR) is 222 cm³/mol. The molecule has 1 aliphatic rings. The molecule has 10 rings (SSSR count). The summed E-state index contributed by atoms with van der Waals surface area (Å²) in [6.45, 7) is 7.28. The van der Waals surface area contributed by atoms with E-state index in [-0.39, 0.29) is 0 Å². The smallest absolute Gasteiger partial charge is 0.187 e. The number of benzene rings is 7. The molecular weight excluding hydrogens is 659 g/mol. The lowest BCUT2D eigenvalue weighted by atomic mass is 10.0. The van der Waals surface area contributed by atoms with Gasteiger partial charge in [0.05, 0.1) is 29.0 Å². The summed E-state index contributed by atoms with van der Waals surface area (Å²) in [6, 6.07) is 67.4. The number of hydrogen-bond donors (Lipinski definition) is 0. The molecule has 0 bridgehead atoms. The van der Waals surface area contributed by atoms with Crippen molar-refractivity contribution in [3.05, 3.63) is 199 Å². The Labute approximate surface area is 309 Å². The molecule has 4 heteroatoms. The second-order valence-electron chi connectivity index (χ2n) is 13.6. The zero-order chi connectivity index (χ0) is 35.4. The molecule has 0 N–H and O–H groups in total. The van der Waals surface area contributed by atoms with Crippen LogP contribution in [0.1, 0.15) is 0 Å². The standard InChI is InChI=1S/C49H31N3Si/c1-50-39-27-21-36(22-28-39)45-32-26-38-20-19-37-25-31-44(51-48(37)49(38)52-45)35-17-15-33(16-18-35)34-23-29-41(30-24-34)53(40-9-3-2-4-10-40)46-13-7-5-11-42(46)43-12-6-8-14-47(43)53/h2-32H. The van der Waals surface area contributed by atoms with Gasteiger partial charge < -0.3 is 0 Å². The highest BCUT2D eigenvalue weighted by Gasteiger charge is 2.48. The second-order valence-corrected chi connectivity index (χ2v) is 17.4. The first-order valence-electron chi connectivity index (χ1n) is 17.9. The minimum atomic E-state index is -2.50. The average molecular weight is 690 g/mol. The van der Waals surface area contributed by atoms with Gasteiger partial charge in [-0.3, -0.25) is 0 Å². The lowest BCUT2D eigenvalue weighted by molar-refractivity contribution is 1.37. The van der Waals surface area contributed by atoms with Gasteiger partial charge in [0.25, 0.3) is 0 Å². The first-order chi connectivity index (χ1) is 26.2. The fourth-order valence-electron chi connectivity index (χ4n) is 8.25. The lowest BCUT2D eigenvalue weighted by Crippen LogP contribution is -2.72. The molecule has 53 heavy (non-hydrogen) atoms. The first-order valence-corrected chi connectivity index (χ1v) is 19.9. The zero-order valence-electron chi connectivity index (χ0n) is 28.7. The Morgan fingerprint density at radius 2 is 0.792 bits per heavy atom. The van der Waals surface area contributed by atoms with Crippen LogP contribution in [-0.4, -0.2) is 18.0 Å². The summed E-state index contributed by atoms with van der Waals surface area (Å²) in [4.78, 5) is 13.8. The highest BCUT2D eigenvalue weighted by molar-refractivity contribution is 7.22. The Bertz CT molecular complexity index is 2830. The number of nitrogens with zero attached hydrogens (tertiary/aromatic N) is 3. The number of fused-ring (bicyclic) bond motifs is 6. The third-order valence-electron chi connectivity index (χ3n) is 10.8. The van der Waals surface area contributed by atoms with Crippen molar-refractivity contribution in [2.75, 3.05) is 0 Å². The molecule has 1 aliphatic heterocycles. The van der Waals surface area contributed by atoms with E-state index in [0.717, 1.165) is 44.3 Å². The summed E-state index contributed by atoms with van der Waals surface area (Å²) in [7, 11) is -2.50. The van der Waals surface area contributed by atoms with Crippen LogP contribution in [0.3, 0.4) is 0 Å². The van der Waals surface area contributed by atoms with Gasteiger partial charge in [0.1, 0.15) is 0 Å². The summed E-state index contributed by atoms with van der Waals surface area (Å²) < 4.78 is 0. The maximum Gasteiger partial charge on any atom is 0.187 e. The topological polar surface area (TPSA) is 30.1 Å². The molecule has 2 aromatic heterocycles. The molecule has 0 radical (unpaired) electrons. The molecule has 0 saturated carbocycles. The highest BCUT2D eigenvalue weighted by Crippen LogP contribution is 2.32. The maximum atomic E-state index is 7.28. The van der Waals surface area contributed by atoms with E-state index in [0.29, 0.717) is 5.69 Å². The molecule has 0 unspecified atom stereocenters. The van der Waals surface area contributed by atoms with Crippen LogP contribution >= 0.6 is 0 Å². The van der Waals surface area contributed by atoms with E-state index in [1.807, 2.05) is 30.3 Å². The Balaban J connectivity index is 1.01. The Morgan fingerprint density at radius 1 is 0.377 bits per heavy atom. The van der Waals surface area contributed by atoms with Gasteiger partial charge in [-0.05, 0) is 60.7 Å². The summed E-state index contributed by atoms with van der Waals surface area (Å²) in [5, 5.41) is 7.82. The molecule has 0 atom stereocenters. The van der Waals surface area contributed by atoms with Crippen molar-refractivity contribution in [3.8, 4) is 44.8 Å². The van der Waals surface area contributed by atoms with Crippen LogP contribution in [0.2, 0.25) is 0 Å². The summed E-state index contributed by atoms with van der Waals surface area (Å²) in [5.41, 5.74) is 11.3. The Hall–Kier alpha value is -6.93. The molecule has 0 amide bonds. The van der Waals surface area contributed by atoms with Gasteiger partial charge in [-0.2, -0.15) is 0 Å². The van der Waals surface area contributed by atoms with E-state index < -0.39 is 8.07 Å². The number of aromatic nitrogens is 2. The maximum absolute atomic E-state index is 7.28. The van der Waals surface area contributed by atoms with E-state index in [4.69, 9.17) is 16.5 Å². The van der Waals surface area contributed by atoms with E-state index in [1.54, 1.807) is 0 Å². The van der Waals surface area contributed by atoms with Crippen LogP contribution < -0.4 is 20.7 Å². The lowest BCUT2D eigenvalue weighted by Gasteiger charge is -2.31. The van der Waals surface area contributed by atoms with Crippen LogP contribution in [0.25, 0.3) is 71.4 Å². The SMILES string of the molecule is [C-]#[N+]c1ccc(-c2ccc3ccc4ccc(-c5ccc(-c6ccc([Si]7(c8ccccc8)c8ccccc8-c8ccccc87)cc6)cc5)nc4c3n2)cc1. The van der Waals surface area contributed by atoms with Crippen LogP contribution in [-0.2, 0) is 0 Å². The van der Waals surface area contributed by atoms with E-state index in [9.17, 15) is 0 Å². The minimum absolute atomic E-state index is 0.619. The van der Waals surface area contributed by atoms with E-state index in [2.05, 4.69) is 163 Å². The van der Waals surface area contributed by atoms with Crippen LogP contribution in [0.4, 0.5) is 5.69 Å². The fourth-order valence-corrected chi connectivity index (χ4v) is 13.4. The molecule has 9 aromatic rings. The second kappa shape index (κ2) is 12.4. The van der Waals surface area contributed by atoms with Gasteiger partial charge in [-0.25, -0.2) is 14.8 Å². The van der Waals surface area contributed by atoms with Gasteiger partial charge in [0.15, 0.2) is 13.8 Å². The zero-order valence-corrected chi connectivity index (χ0v) is 29.7. The highest BCUT2D eigenvalue weighted by atomic mass is 28.3. The van der Waals surface area contributed by atoms with Crippen molar-refractivity contribution >= 4 is 56.3 Å². The first kappa shape index (κ1) is 30.9. The largest absolute Gasteiger partial charge is 0.245 e. The van der Waals surface area contributed by atoms with Gasteiger partial charge in [-0.15, -0.1) is 0 Å². The molecule has 246 valence electrons. The Morgan fingerprint density at radius 3 is 1.32 bits per heavy atom. The van der Waals surface area contributed by atoms with Gasteiger partial charge >= 0.3 is 0 Å². The normalized spacial score (nSPS) is 12.7. The third-order valence-corrected chi connectivity index (χ3v) is 15.7. The number of rotatable bonds is 5. The van der Waals surface area contributed by atoms with Gasteiger partial charge in [0.2, 0.25) is 0 Å². The van der Waals surface area contributed by atoms with Crippen LogP contribution in [0, 0.1) is 6.57 Å². The number of hydrogen-bond acceptors (Lipinski definition) is 2. The van der Waals surface area contributed by atoms with Crippen molar-refractivity contribution in [2.24, 2.45) is 0 Å². The molecular formula is C49H31N3Si. The third kappa shape index (κ3) is 4.94. The quantitative estimate of drug-likeness (QED) is 0.102. The van der Waals surface area contributed by atoms with Crippen LogP contribution in [0.15, 0.2) is 188 Å². The van der Waals surface area contributed by atoms with Crippen molar-refractivity contribution < 1.29 is 0 Å². The predicted octanol–water partition coefficient (Wildman–Crippen LogP) is 9.69. The van der Waals surface area contributed by atoms with E-state index in [1.165, 1.54) is 43.0 Å².